The van der Waals surface area contributed by atoms with Crippen LogP contribution in [0.2, 0.25) is 0 Å². The maximum absolute atomic E-state index is 9.91. The molecule has 0 saturated heterocycles. The SMILES string of the molecule is CCc1cccc(OCC(O)CNC2CC(OC)C2)c1. The molecule has 1 fully saturated rings. The van der Waals surface area contributed by atoms with Crippen LogP contribution in [-0.4, -0.2) is 43.6 Å². The van der Waals surface area contributed by atoms with Gasteiger partial charge in [0.1, 0.15) is 18.5 Å². The van der Waals surface area contributed by atoms with Crippen LogP contribution < -0.4 is 10.1 Å². The molecule has 0 aliphatic heterocycles. The summed E-state index contributed by atoms with van der Waals surface area (Å²) in [5.41, 5.74) is 1.25. The molecule has 0 amide bonds. The van der Waals surface area contributed by atoms with Gasteiger partial charge in [0, 0.05) is 19.7 Å². The van der Waals surface area contributed by atoms with E-state index in [4.69, 9.17) is 9.47 Å². The van der Waals surface area contributed by atoms with Gasteiger partial charge in [-0.15, -0.1) is 0 Å². The second kappa shape index (κ2) is 7.62. The average Bonchev–Trinajstić information content (AvgIpc) is 2.44. The molecule has 1 unspecified atom stereocenters. The normalized spacial score (nSPS) is 23.1. The van der Waals surface area contributed by atoms with Crippen LogP contribution in [0.25, 0.3) is 0 Å². The summed E-state index contributed by atoms with van der Waals surface area (Å²) in [5, 5.41) is 13.2. The van der Waals surface area contributed by atoms with Crippen LogP contribution in [-0.2, 0) is 11.2 Å². The molecular weight excluding hydrogens is 254 g/mol. The zero-order chi connectivity index (χ0) is 14.4. The molecule has 4 nitrogen and oxygen atoms in total. The molecule has 112 valence electrons. The fraction of sp³-hybridized carbons (Fsp3) is 0.625. The minimum Gasteiger partial charge on any atom is -0.491 e. The molecule has 20 heavy (non-hydrogen) atoms. The lowest BCUT2D eigenvalue weighted by atomic mass is 9.89. The molecule has 1 saturated carbocycles. The number of aryl methyl sites for hydroxylation is 1. The molecule has 0 radical (unpaired) electrons. The van der Waals surface area contributed by atoms with Crippen LogP contribution in [0, 0.1) is 0 Å². The van der Waals surface area contributed by atoms with E-state index in [1.165, 1.54) is 5.56 Å². The molecule has 1 aromatic rings. The van der Waals surface area contributed by atoms with E-state index in [1.54, 1.807) is 7.11 Å². The smallest absolute Gasteiger partial charge is 0.119 e. The lowest BCUT2D eigenvalue weighted by Crippen LogP contribution is -2.48. The second-order valence-corrected chi connectivity index (χ2v) is 5.40. The molecule has 1 atom stereocenters. The first-order chi connectivity index (χ1) is 9.71. The first kappa shape index (κ1) is 15.3. The number of hydrogen-bond donors (Lipinski definition) is 2. The summed E-state index contributed by atoms with van der Waals surface area (Å²) in [6, 6.07) is 8.48. The molecule has 0 bridgehead atoms. The van der Waals surface area contributed by atoms with Gasteiger partial charge in [-0.05, 0) is 37.0 Å². The van der Waals surface area contributed by atoms with Crippen molar-refractivity contribution >= 4 is 0 Å². The lowest BCUT2D eigenvalue weighted by Gasteiger charge is -2.35. The Morgan fingerprint density at radius 2 is 2.20 bits per heavy atom. The lowest BCUT2D eigenvalue weighted by molar-refractivity contribution is 0.0117. The molecule has 0 spiro atoms. The van der Waals surface area contributed by atoms with Gasteiger partial charge in [0.2, 0.25) is 0 Å². The van der Waals surface area contributed by atoms with Crippen molar-refractivity contribution in [1.29, 1.82) is 0 Å². The van der Waals surface area contributed by atoms with Gasteiger partial charge in [-0.3, -0.25) is 0 Å². The first-order valence-electron chi connectivity index (χ1n) is 7.37. The van der Waals surface area contributed by atoms with E-state index in [0.717, 1.165) is 25.0 Å². The fourth-order valence-electron chi connectivity index (χ4n) is 2.33. The summed E-state index contributed by atoms with van der Waals surface area (Å²) in [5.74, 6) is 0.825. The molecular formula is C16H25NO3. The zero-order valence-electron chi connectivity index (χ0n) is 12.3. The summed E-state index contributed by atoms with van der Waals surface area (Å²) in [7, 11) is 1.74. The maximum atomic E-state index is 9.91. The van der Waals surface area contributed by atoms with Crippen molar-refractivity contribution in [2.45, 2.75) is 44.4 Å². The number of benzene rings is 1. The number of ether oxygens (including phenoxy) is 2. The van der Waals surface area contributed by atoms with Gasteiger partial charge in [0.25, 0.3) is 0 Å². The summed E-state index contributed by atoms with van der Waals surface area (Å²) < 4.78 is 10.8. The Morgan fingerprint density at radius 1 is 1.40 bits per heavy atom. The minimum absolute atomic E-state index is 0.320. The number of aliphatic hydroxyl groups is 1. The van der Waals surface area contributed by atoms with E-state index in [0.29, 0.717) is 25.3 Å². The molecule has 2 N–H and O–H groups in total. The Kier molecular flexibility index (Phi) is 5.83. The molecule has 1 aromatic carbocycles. The predicted molar refractivity (Wildman–Crippen MR) is 79.1 cm³/mol. The Balaban J connectivity index is 1.63. The number of nitrogens with one attached hydrogen (secondary N) is 1. The Morgan fingerprint density at radius 3 is 2.90 bits per heavy atom. The monoisotopic (exact) mass is 279 g/mol. The fourth-order valence-corrected chi connectivity index (χ4v) is 2.33. The molecule has 0 heterocycles. The van der Waals surface area contributed by atoms with Crippen molar-refractivity contribution in [3.05, 3.63) is 29.8 Å². The number of hydrogen-bond acceptors (Lipinski definition) is 4. The van der Waals surface area contributed by atoms with E-state index >= 15 is 0 Å². The summed E-state index contributed by atoms with van der Waals surface area (Å²) in [6.07, 6.45) is 2.95. The van der Waals surface area contributed by atoms with Gasteiger partial charge in [-0.2, -0.15) is 0 Å². The van der Waals surface area contributed by atoms with Crippen molar-refractivity contribution in [3.63, 3.8) is 0 Å². The highest BCUT2D eigenvalue weighted by atomic mass is 16.5. The van der Waals surface area contributed by atoms with Crippen LogP contribution in [0.3, 0.4) is 0 Å². The molecule has 0 aromatic heterocycles. The third-order valence-electron chi connectivity index (χ3n) is 3.82. The summed E-state index contributed by atoms with van der Waals surface area (Å²) in [6.45, 7) is 3.00. The van der Waals surface area contributed by atoms with Gasteiger partial charge in [-0.25, -0.2) is 0 Å². The van der Waals surface area contributed by atoms with Gasteiger partial charge >= 0.3 is 0 Å². The van der Waals surface area contributed by atoms with Crippen molar-refractivity contribution < 1.29 is 14.6 Å². The summed E-state index contributed by atoms with van der Waals surface area (Å²) >= 11 is 0. The molecule has 1 aliphatic rings. The van der Waals surface area contributed by atoms with E-state index in [1.807, 2.05) is 18.2 Å². The number of methoxy groups -OCH3 is 1. The zero-order valence-corrected chi connectivity index (χ0v) is 12.3. The topological polar surface area (TPSA) is 50.7 Å². The minimum atomic E-state index is -0.484. The third kappa shape index (κ3) is 4.47. The van der Waals surface area contributed by atoms with E-state index in [-0.39, 0.29) is 0 Å². The molecule has 4 heteroatoms. The first-order valence-corrected chi connectivity index (χ1v) is 7.37. The van der Waals surface area contributed by atoms with E-state index in [2.05, 4.69) is 18.3 Å². The maximum Gasteiger partial charge on any atom is 0.119 e. The molecule has 2 rings (SSSR count). The quantitative estimate of drug-likeness (QED) is 0.761. The van der Waals surface area contributed by atoms with Crippen LogP contribution in [0.1, 0.15) is 25.3 Å². The Labute approximate surface area is 121 Å². The van der Waals surface area contributed by atoms with Gasteiger partial charge in [0.05, 0.1) is 6.10 Å². The van der Waals surface area contributed by atoms with Gasteiger partial charge in [0.15, 0.2) is 0 Å². The third-order valence-corrected chi connectivity index (χ3v) is 3.82. The highest BCUT2D eigenvalue weighted by molar-refractivity contribution is 5.28. The second-order valence-electron chi connectivity index (χ2n) is 5.40. The van der Waals surface area contributed by atoms with Gasteiger partial charge < -0.3 is 19.9 Å². The highest BCUT2D eigenvalue weighted by Crippen LogP contribution is 2.22. The van der Waals surface area contributed by atoms with Crippen LogP contribution in [0.4, 0.5) is 0 Å². The van der Waals surface area contributed by atoms with Crippen LogP contribution >= 0.6 is 0 Å². The largest absolute Gasteiger partial charge is 0.491 e. The van der Waals surface area contributed by atoms with Crippen molar-refractivity contribution in [3.8, 4) is 5.75 Å². The Bertz CT molecular complexity index is 404. The average molecular weight is 279 g/mol. The van der Waals surface area contributed by atoms with Gasteiger partial charge in [-0.1, -0.05) is 19.1 Å². The van der Waals surface area contributed by atoms with Crippen LogP contribution in [0.15, 0.2) is 24.3 Å². The van der Waals surface area contributed by atoms with E-state index in [9.17, 15) is 5.11 Å². The molecule has 1 aliphatic carbocycles. The number of aliphatic hydroxyl groups excluding tert-OH is 1. The van der Waals surface area contributed by atoms with Crippen LogP contribution in [0.5, 0.6) is 5.75 Å². The standard InChI is InChI=1S/C16H25NO3/c1-3-12-5-4-6-15(7-12)20-11-14(18)10-17-13-8-16(9-13)19-2/h4-7,13-14,16-18H,3,8-11H2,1-2H3. The number of rotatable bonds is 8. The van der Waals surface area contributed by atoms with E-state index < -0.39 is 6.10 Å². The van der Waals surface area contributed by atoms with Crippen molar-refractivity contribution in [2.75, 3.05) is 20.3 Å². The summed E-state index contributed by atoms with van der Waals surface area (Å²) in [4.78, 5) is 0. The van der Waals surface area contributed by atoms with Crippen molar-refractivity contribution in [2.24, 2.45) is 0 Å². The highest BCUT2D eigenvalue weighted by Gasteiger charge is 2.28. The predicted octanol–water partition coefficient (Wildman–Crippen LogP) is 1.76. The Hall–Kier alpha value is -1.10. The van der Waals surface area contributed by atoms with Crippen molar-refractivity contribution in [1.82, 2.24) is 5.32 Å².